The third-order valence-corrected chi connectivity index (χ3v) is 2.22. The smallest absolute Gasteiger partial charge is 0.324 e. The molecular weight excluding hydrogens is 218 g/mol. The van der Waals surface area contributed by atoms with Crippen molar-refractivity contribution in [2.45, 2.75) is 27.7 Å². The average Bonchev–Trinajstić information content (AvgIpc) is 2.22. The first kappa shape index (κ1) is 15.3. The Balaban J connectivity index is 5.31. The molecule has 0 fully saturated rings. The van der Waals surface area contributed by atoms with Gasteiger partial charge in [0.25, 0.3) is 0 Å². The van der Waals surface area contributed by atoms with E-state index in [0.29, 0.717) is 11.5 Å². The molecule has 0 rings (SSSR count). The highest BCUT2D eigenvalue weighted by Gasteiger charge is 2.16. The van der Waals surface area contributed by atoms with Gasteiger partial charge in [0.1, 0.15) is 5.82 Å². The van der Waals surface area contributed by atoms with Crippen LogP contribution in [0.2, 0.25) is 0 Å². The lowest BCUT2D eigenvalue weighted by Gasteiger charge is -2.23. The van der Waals surface area contributed by atoms with Crippen LogP contribution in [-0.2, 0) is 4.79 Å². The Bertz CT molecular complexity index is 377. The monoisotopic (exact) mass is 239 g/mol. The molecule has 0 aliphatic carbocycles. The number of carbonyl (C=O) groups is 2. The highest BCUT2D eigenvalue weighted by Crippen LogP contribution is 2.12. The Morgan fingerprint density at radius 2 is 1.41 bits per heavy atom. The van der Waals surface area contributed by atoms with Crippen LogP contribution in [0.4, 0.5) is 4.79 Å². The molecule has 0 aromatic heterocycles. The maximum absolute atomic E-state index is 11.8. The second-order valence-electron chi connectivity index (χ2n) is 4.31. The number of nitrogens with zero attached hydrogens (tertiary/aromatic N) is 3. The van der Waals surface area contributed by atoms with Crippen LogP contribution >= 0.6 is 0 Å². The summed E-state index contributed by atoms with van der Waals surface area (Å²) in [6, 6.07) is -0.179. The van der Waals surface area contributed by atoms with Gasteiger partial charge in [0.15, 0.2) is 5.78 Å². The molecule has 0 radical (unpaired) electrons. The molecule has 5 heteroatoms. The maximum atomic E-state index is 11.8. The molecule has 0 unspecified atom stereocenters. The molecular formula is C12H21N3O2. The molecule has 2 amide bonds. The summed E-state index contributed by atoms with van der Waals surface area (Å²) in [5, 5.41) is 0. The van der Waals surface area contributed by atoms with Gasteiger partial charge in [0.05, 0.1) is 5.71 Å². The fourth-order valence-corrected chi connectivity index (χ4v) is 1.15. The molecule has 0 heterocycles. The van der Waals surface area contributed by atoms with Crippen molar-refractivity contribution in [3.8, 4) is 0 Å². The van der Waals surface area contributed by atoms with E-state index in [9.17, 15) is 9.59 Å². The number of urea groups is 1. The minimum atomic E-state index is -0.179. The molecule has 0 aromatic carbocycles. The van der Waals surface area contributed by atoms with Crippen molar-refractivity contribution in [1.82, 2.24) is 9.80 Å². The standard InChI is InChI=1S/C12H21N3O2/c1-8(2)11(13-9(3)10(4)16)15(7)12(17)14(5)6/h1-7H3/b13-9+. The van der Waals surface area contributed by atoms with E-state index in [1.807, 2.05) is 13.8 Å². The lowest BCUT2D eigenvalue weighted by Crippen LogP contribution is -2.36. The molecule has 17 heavy (non-hydrogen) atoms. The second-order valence-corrected chi connectivity index (χ2v) is 4.31. The number of aliphatic imine (C=N–C) groups is 1. The number of hydrogen-bond donors (Lipinski definition) is 0. The molecule has 0 aliphatic heterocycles. The van der Waals surface area contributed by atoms with Crippen LogP contribution < -0.4 is 0 Å². The minimum Gasteiger partial charge on any atom is -0.330 e. The van der Waals surface area contributed by atoms with E-state index in [0.717, 1.165) is 5.57 Å². The Morgan fingerprint density at radius 1 is 0.941 bits per heavy atom. The number of rotatable bonds is 3. The van der Waals surface area contributed by atoms with Gasteiger partial charge in [-0.3, -0.25) is 9.69 Å². The molecule has 0 atom stereocenters. The van der Waals surface area contributed by atoms with Gasteiger partial charge in [-0.15, -0.1) is 0 Å². The average molecular weight is 239 g/mol. The molecule has 0 aliphatic rings. The van der Waals surface area contributed by atoms with Crippen LogP contribution in [-0.4, -0.2) is 48.5 Å². The summed E-state index contributed by atoms with van der Waals surface area (Å²) < 4.78 is 0. The Kier molecular flexibility index (Phi) is 5.58. The first-order valence-electron chi connectivity index (χ1n) is 5.37. The highest BCUT2D eigenvalue weighted by molar-refractivity contribution is 6.38. The van der Waals surface area contributed by atoms with E-state index in [2.05, 4.69) is 4.99 Å². The summed E-state index contributed by atoms with van der Waals surface area (Å²) in [6.07, 6.45) is 0. The maximum Gasteiger partial charge on any atom is 0.324 e. The van der Waals surface area contributed by atoms with Crippen LogP contribution in [0.25, 0.3) is 0 Å². The van der Waals surface area contributed by atoms with Gasteiger partial charge in [-0.2, -0.15) is 0 Å². The zero-order chi connectivity index (χ0) is 13.7. The lowest BCUT2D eigenvalue weighted by molar-refractivity contribution is -0.111. The van der Waals surface area contributed by atoms with E-state index >= 15 is 0 Å². The van der Waals surface area contributed by atoms with Gasteiger partial charge >= 0.3 is 6.03 Å². The number of Topliss-reactive ketones (excluding diaryl/α,β-unsaturated/α-hetero) is 1. The summed E-state index contributed by atoms with van der Waals surface area (Å²) >= 11 is 0. The summed E-state index contributed by atoms with van der Waals surface area (Å²) in [6.45, 7) is 6.80. The van der Waals surface area contributed by atoms with Crippen molar-refractivity contribution in [1.29, 1.82) is 0 Å². The number of allylic oxidation sites excluding steroid dienone is 1. The molecule has 0 aromatic rings. The van der Waals surface area contributed by atoms with Gasteiger partial charge in [0, 0.05) is 28.1 Å². The first-order chi connectivity index (χ1) is 7.68. The molecule has 0 saturated heterocycles. The van der Waals surface area contributed by atoms with Crippen molar-refractivity contribution in [2.75, 3.05) is 21.1 Å². The fourth-order valence-electron chi connectivity index (χ4n) is 1.15. The molecule has 0 bridgehead atoms. The van der Waals surface area contributed by atoms with Crippen LogP contribution in [0.15, 0.2) is 16.4 Å². The number of amides is 2. The number of carbonyl (C=O) groups excluding carboxylic acids is 2. The van der Waals surface area contributed by atoms with Gasteiger partial charge in [-0.1, -0.05) is 0 Å². The Labute approximate surface area is 103 Å². The highest BCUT2D eigenvalue weighted by atomic mass is 16.2. The van der Waals surface area contributed by atoms with Crippen LogP contribution in [0.3, 0.4) is 0 Å². The summed E-state index contributed by atoms with van der Waals surface area (Å²) in [5.41, 5.74) is 1.27. The topological polar surface area (TPSA) is 53.0 Å². The second kappa shape index (κ2) is 6.18. The number of hydrogen-bond acceptors (Lipinski definition) is 3. The van der Waals surface area contributed by atoms with E-state index in [-0.39, 0.29) is 11.8 Å². The molecule has 96 valence electrons. The van der Waals surface area contributed by atoms with Gasteiger partial charge in [-0.05, 0) is 26.3 Å². The number of ketones is 1. The van der Waals surface area contributed by atoms with Gasteiger partial charge in [-0.25, -0.2) is 9.79 Å². The van der Waals surface area contributed by atoms with E-state index in [1.165, 1.54) is 16.7 Å². The van der Waals surface area contributed by atoms with E-state index < -0.39 is 0 Å². The Morgan fingerprint density at radius 3 is 1.71 bits per heavy atom. The van der Waals surface area contributed by atoms with Crippen LogP contribution in [0.5, 0.6) is 0 Å². The predicted octanol–water partition coefficient (Wildman–Crippen LogP) is 1.90. The minimum absolute atomic E-state index is 0.102. The van der Waals surface area contributed by atoms with Crippen LogP contribution in [0.1, 0.15) is 27.7 Å². The van der Waals surface area contributed by atoms with Crippen molar-refractivity contribution >= 4 is 17.5 Å². The summed E-state index contributed by atoms with van der Waals surface area (Å²) in [7, 11) is 4.98. The third kappa shape index (κ3) is 4.38. The molecule has 0 spiro atoms. The summed E-state index contributed by atoms with van der Waals surface area (Å²) in [4.78, 5) is 30.1. The normalized spacial score (nSPS) is 10.9. The van der Waals surface area contributed by atoms with Crippen molar-refractivity contribution in [2.24, 2.45) is 4.99 Å². The summed E-state index contributed by atoms with van der Waals surface area (Å²) in [5.74, 6) is 0.408. The van der Waals surface area contributed by atoms with E-state index in [1.54, 1.807) is 28.1 Å². The third-order valence-electron chi connectivity index (χ3n) is 2.22. The van der Waals surface area contributed by atoms with Crippen molar-refractivity contribution < 1.29 is 9.59 Å². The lowest BCUT2D eigenvalue weighted by atomic mass is 10.3. The van der Waals surface area contributed by atoms with Gasteiger partial charge in [0.2, 0.25) is 0 Å². The van der Waals surface area contributed by atoms with Crippen LogP contribution in [0, 0.1) is 0 Å². The predicted molar refractivity (Wildman–Crippen MR) is 69.0 cm³/mol. The molecule has 0 saturated carbocycles. The van der Waals surface area contributed by atoms with Crippen molar-refractivity contribution in [3.63, 3.8) is 0 Å². The molecule has 0 N–H and O–H groups in total. The SMILES string of the molecule is CC(=O)/C(C)=N/C(=C(C)C)N(C)C(=O)N(C)C. The fraction of sp³-hybridized carbons (Fsp3) is 0.583. The molecule has 5 nitrogen and oxygen atoms in total. The Hall–Kier alpha value is -1.65. The largest absolute Gasteiger partial charge is 0.330 e. The first-order valence-corrected chi connectivity index (χ1v) is 5.37. The van der Waals surface area contributed by atoms with E-state index in [4.69, 9.17) is 0 Å². The van der Waals surface area contributed by atoms with Crippen molar-refractivity contribution in [3.05, 3.63) is 11.4 Å². The van der Waals surface area contributed by atoms with Gasteiger partial charge < -0.3 is 4.90 Å². The zero-order valence-electron chi connectivity index (χ0n) is 11.7. The zero-order valence-corrected chi connectivity index (χ0v) is 11.7. The quantitative estimate of drug-likeness (QED) is 0.706.